The highest BCUT2D eigenvalue weighted by Crippen LogP contribution is 2.32. The van der Waals surface area contributed by atoms with E-state index in [1.807, 2.05) is 19.9 Å². The van der Waals surface area contributed by atoms with Crippen molar-refractivity contribution in [3.8, 4) is 5.75 Å². The van der Waals surface area contributed by atoms with Crippen molar-refractivity contribution >= 4 is 6.29 Å². The molecule has 0 heterocycles. The number of aldehydes is 1. The van der Waals surface area contributed by atoms with Gasteiger partial charge in [-0.3, -0.25) is 4.79 Å². The molecular formula is C12H16O3. The van der Waals surface area contributed by atoms with Crippen LogP contribution in [0.3, 0.4) is 0 Å². The second-order valence-electron chi connectivity index (χ2n) is 3.92. The molecule has 1 unspecified atom stereocenters. The fraction of sp³-hybridized carbons (Fsp3) is 0.417. The molecule has 0 radical (unpaired) electrons. The molecule has 0 aliphatic carbocycles. The highest BCUT2D eigenvalue weighted by atomic mass is 16.5. The third-order valence-electron chi connectivity index (χ3n) is 2.40. The average molecular weight is 208 g/mol. The van der Waals surface area contributed by atoms with Gasteiger partial charge < -0.3 is 9.84 Å². The number of hydrogen-bond donors (Lipinski definition) is 1. The number of methoxy groups -OCH3 is 1. The Bertz CT molecular complexity index is 381. The van der Waals surface area contributed by atoms with Gasteiger partial charge in [-0.25, -0.2) is 0 Å². The maximum atomic E-state index is 10.8. The largest absolute Gasteiger partial charge is 0.496 e. The number of ether oxygens (including phenoxy) is 1. The summed E-state index contributed by atoms with van der Waals surface area (Å²) in [7, 11) is 1.53. The van der Waals surface area contributed by atoms with Gasteiger partial charge in [0.1, 0.15) is 11.4 Å². The Kier molecular flexibility index (Phi) is 3.15. The summed E-state index contributed by atoms with van der Waals surface area (Å²) in [5.41, 5.74) is 0.924. The van der Waals surface area contributed by atoms with Crippen LogP contribution < -0.4 is 4.74 Å². The number of carbonyl (C=O) groups is 1. The SMILES string of the molecule is COc1cc(C)cc(C)c1C(C)(O)C=O. The summed E-state index contributed by atoms with van der Waals surface area (Å²) in [5, 5.41) is 9.93. The predicted octanol–water partition coefficient (Wildman–Crippen LogP) is 1.72. The van der Waals surface area contributed by atoms with E-state index in [4.69, 9.17) is 4.74 Å². The van der Waals surface area contributed by atoms with Gasteiger partial charge in [0.15, 0.2) is 6.29 Å². The van der Waals surface area contributed by atoms with Crippen molar-refractivity contribution < 1.29 is 14.6 Å². The Hall–Kier alpha value is -1.35. The van der Waals surface area contributed by atoms with Gasteiger partial charge in [-0.15, -0.1) is 0 Å². The van der Waals surface area contributed by atoms with E-state index in [2.05, 4.69) is 0 Å². The molecule has 0 bridgehead atoms. The Morgan fingerprint density at radius 2 is 2.00 bits per heavy atom. The Morgan fingerprint density at radius 1 is 1.40 bits per heavy atom. The lowest BCUT2D eigenvalue weighted by molar-refractivity contribution is -0.123. The molecule has 0 amide bonds. The van der Waals surface area contributed by atoms with Gasteiger partial charge in [0.2, 0.25) is 0 Å². The minimum Gasteiger partial charge on any atom is -0.496 e. The Balaban J connectivity index is 3.45. The lowest BCUT2D eigenvalue weighted by Gasteiger charge is -2.22. The summed E-state index contributed by atoms with van der Waals surface area (Å²) in [6.45, 7) is 5.25. The molecule has 0 aliphatic heterocycles. The number of carbonyl (C=O) groups excluding carboxylic acids is 1. The highest BCUT2D eigenvalue weighted by Gasteiger charge is 2.28. The number of hydrogen-bond acceptors (Lipinski definition) is 3. The van der Waals surface area contributed by atoms with Crippen LogP contribution in [0.1, 0.15) is 23.6 Å². The quantitative estimate of drug-likeness (QED) is 0.769. The molecule has 82 valence electrons. The van der Waals surface area contributed by atoms with Crippen molar-refractivity contribution in [1.29, 1.82) is 0 Å². The zero-order valence-corrected chi connectivity index (χ0v) is 9.50. The number of rotatable bonds is 3. The van der Waals surface area contributed by atoms with E-state index in [0.717, 1.165) is 11.1 Å². The number of benzene rings is 1. The molecule has 0 aliphatic rings. The molecule has 15 heavy (non-hydrogen) atoms. The van der Waals surface area contributed by atoms with Crippen LogP contribution in [0.25, 0.3) is 0 Å². The molecule has 0 aromatic heterocycles. The van der Waals surface area contributed by atoms with Crippen molar-refractivity contribution in [3.05, 3.63) is 28.8 Å². The van der Waals surface area contributed by atoms with Gasteiger partial charge in [-0.1, -0.05) is 6.07 Å². The molecular weight excluding hydrogens is 192 g/mol. The number of aryl methyl sites for hydroxylation is 2. The highest BCUT2D eigenvalue weighted by molar-refractivity contribution is 5.69. The van der Waals surface area contributed by atoms with Crippen LogP contribution in [0, 0.1) is 13.8 Å². The first kappa shape index (κ1) is 11.7. The molecule has 0 saturated heterocycles. The Morgan fingerprint density at radius 3 is 2.47 bits per heavy atom. The van der Waals surface area contributed by atoms with E-state index in [1.54, 1.807) is 6.07 Å². The Labute approximate surface area is 89.7 Å². The van der Waals surface area contributed by atoms with E-state index < -0.39 is 5.60 Å². The van der Waals surface area contributed by atoms with E-state index in [9.17, 15) is 9.90 Å². The zero-order valence-electron chi connectivity index (χ0n) is 9.50. The van der Waals surface area contributed by atoms with Crippen molar-refractivity contribution in [2.75, 3.05) is 7.11 Å². The van der Waals surface area contributed by atoms with E-state index >= 15 is 0 Å². The molecule has 0 saturated carbocycles. The first-order valence-electron chi connectivity index (χ1n) is 4.77. The van der Waals surface area contributed by atoms with Gasteiger partial charge in [-0.2, -0.15) is 0 Å². The third-order valence-corrected chi connectivity index (χ3v) is 2.40. The van der Waals surface area contributed by atoms with Crippen LogP contribution in [-0.2, 0) is 10.4 Å². The third kappa shape index (κ3) is 2.18. The topological polar surface area (TPSA) is 46.5 Å². The van der Waals surface area contributed by atoms with E-state index in [-0.39, 0.29) is 0 Å². The zero-order chi connectivity index (χ0) is 11.6. The maximum Gasteiger partial charge on any atom is 0.156 e. The minimum absolute atomic E-state index is 0.521. The van der Waals surface area contributed by atoms with Crippen LogP contribution in [0.15, 0.2) is 12.1 Å². The van der Waals surface area contributed by atoms with Crippen molar-refractivity contribution in [2.24, 2.45) is 0 Å². The van der Waals surface area contributed by atoms with Crippen LogP contribution in [0.5, 0.6) is 5.75 Å². The average Bonchev–Trinajstić information content (AvgIpc) is 2.15. The van der Waals surface area contributed by atoms with Crippen LogP contribution in [-0.4, -0.2) is 18.5 Å². The molecule has 1 atom stereocenters. The summed E-state index contributed by atoms with van der Waals surface area (Å²) >= 11 is 0. The van der Waals surface area contributed by atoms with Crippen molar-refractivity contribution in [2.45, 2.75) is 26.4 Å². The van der Waals surface area contributed by atoms with Gasteiger partial charge in [0.05, 0.1) is 7.11 Å². The smallest absolute Gasteiger partial charge is 0.156 e. The molecule has 1 aromatic rings. The molecule has 0 fully saturated rings. The first-order chi connectivity index (χ1) is 6.92. The van der Waals surface area contributed by atoms with Crippen molar-refractivity contribution in [1.82, 2.24) is 0 Å². The standard InChI is InChI=1S/C12H16O3/c1-8-5-9(2)11(10(6-8)15-4)12(3,14)7-13/h5-7,14H,1-4H3. The van der Waals surface area contributed by atoms with Gasteiger partial charge in [0.25, 0.3) is 0 Å². The summed E-state index contributed by atoms with van der Waals surface area (Å²) < 4.78 is 5.18. The van der Waals surface area contributed by atoms with Gasteiger partial charge in [-0.05, 0) is 38.0 Å². The summed E-state index contributed by atoms with van der Waals surface area (Å²) in [6, 6.07) is 3.72. The second-order valence-corrected chi connectivity index (χ2v) is 3.92. The van der Waals surface area contributed by atoms with Crippen LogP contribution >= 0.6 is 0 Å². The molecule has 1 N–H and O–H groups in total. The normalized spacial score (nSPS) is 14.5. The summed E-state index contributed by atoms with van der Waals surface area (Å²) in [4.78, 5) is 10.8. The van der Waals surface area contributed by atoms with E-state index in [0.29, 0.717) is 17.6 Å². The summed E-state index contributed by atoms with van der Waals surface area (Å²) in [6.07, 6.45) is 0.521. The predicted molar refractivity (Wildman–Crippen MR) is 58.1 cm³/mol. The maximum absolute atomic E-state index is 10.8. The van der Waals surface area contributed by atoms with Crippen molar-refractivity contribution in [3.63, 3.8) is 0 Å². The molecule has 1 aromatic carbocycles. The van der Waals surface area contributed by atoms with Gasteiger partial charge in [0, 0.05) is 5.56 Å². The molecule has 3 heteroatoms. The fourth-order valence-electron chi connectivity index (χ4n) is 1.80. The lowest BCUT2D eigenvalue weighted by atomic mass is 9.91. The fourth-order valence-corrected chi connectivity index (χ4v) is 1.80. The molecule has 0 spiro atoms. The molecule has 3 nitrogen and oxygen atoms in total. The van der Waals surface area contributed by atoms with Gasteiger partial charge >= 0.3 is 0 Å². The second kappa shape index (κ2) is 4.03. The number of aliphatic hydroxyl groups is 1. The lowest BCUT2D eigenvalue weighted by Crippen LogP contribution is -2.25. The summed E-state index contributed by atoms with van der Waals surface area (Å²) in [5.74, 6) is 0.546. The molecule has 1 rings (SSSR count). The van der Waals surface area contributed by atoms with E-state index in [1.165, 1.54) is 14.0 Å². The van der Waals surface area contributed by atoms with Crippen LogP contribution in [0.4, 0.5) is 0 Å². The van der Waals surface area contributed by atoms with Crippen LogP contribution in [0.2, 0.25) is 0 Å². The monoisotopic (exact) mass is 208 g/mol. The first-order valence-corrected chi connectivity index (χ1v) is 4.77. The minimum atomic E-state index is -1.50.